The van der Waals surface area contributed by atoms with E-state index in [-0.39, 0.29) is 19.1 Å². The lowest BCUT2D eigenvalue weighted by Crippen LogP contribution is -2.51. The summed E-state index contributed by atoms with van der Waals surface area (Å²) in [4.78, 5) is 17.9. The molecule has 2 aliphatic rings. The van der Waals surface area contributed by atoms with Crippen LogP contribution in [0.2, 0.25) is 0 Å². The number of carbonyl (C=O) groups is 1. The molecule has 2 heterocycles. The first kappa shape index (κ1) is 17.1. The van der Waals surface area contributed by atoms with Crippen molar-refractivity contribution in [2.75, 3.05) is 25.1 Å². The van der Waals surface area contributed by atoms with Crippen molar-refractivity contribution < 1.29 is 18.3 Å². The van der Waals surface area contributed by atoms with Crippen LogP contribution in [0.3, 0.4) is 0 Å². The van der Waals surface area contributed by atoms with Gasteiger partial charge in [-0.25, -0.2) is 23.2 Å². The summed E-state index contributed by atoms with van der Waals surface area (Å²) >= 11 is 0. The lowest BCUT2D eigenvalue weighted by molar-refractivity contribution is -0.00969. The SMILES string of the molecule is O=C(Nc1ncn(C2CCCCC2)n1)N1CCOCC1CC(F)F. The molecule has 0 radical (unpaired) electrons. The van der Waals surface area contributed by atoms with E-state index in [2.05, 4.69) is 15.4 Å². The molecule has 2 amide bonds. The number of anilines is 1. The fraction of sp³-hybridized carbons (Fsp3) is 0.800. The van der Waals surface area contributed by atoms with Crippen LogP contribution >= 0.6 is 0 Å². The first-order chi connectivity index (χ1) is 11.6. The molecule has 7 nitrogen and oxygen atoms in total. The van der Waals surface area contributed by atoms with Gasteiger partial charge in [-0.2, -0.15) is 0 Å². The third-order valence-corrected chi connectivity index (χ3v) is 4.61. The Morgan fingerprint density at radius 3 is 2.92 bits per heavy atom. The number of nitrogens with one attached hydrogen (secondary N) is 1. The molecule has 1 aromatic heterocycles. The minimum atomic E-state index is -2.48. The standard InChI is InChI=1S/C15H23F2N5O2/c16-13(17)8-12-9-24-7-6-21(12)15(23)19-14-18-10-22(20-14)11-4-2-1-3-5-11/h10-13H,1-9H2,(H,19,20,23). The van der Waals surface area contributed by atoms with Crippen LogP contribution < -0.4 is 5.32 Å². The first-order valence-corrected chi connectivity index (χ1v) is 8.48. The largest absolute Gasteiger partial charge is 0.377 e. The van der Waals surface area contributed by atoms with E-state index in [1.807, 2.05) is 0 Å². The van der Waals surface area contributed by atoms with Gasteiger partial charge in [0.2, 0.25) is 12.4 Å². The highest BCUT2D eigenvalue weighted by molar-refractivity contribution is 5.87. The molecule has 0 spiro atoms. The Bertz CT molecular complexity index is 548. The number of carbonyl (C=O) groups excluding carboxylic acids is 1. The van der Waals surface area contributed by atoms with Crippen LogP contribution in [-0.2, 0) is 4.74 Å². The van der Waals surface area contributed by atoms with Gasteiger partial charge >= 0.3 is 6.03 Å². The Morgan fingerprint density at radius 2 is 2.17 bits per heavy atom. The third-order valence-electron chi connectivity index (χ3n) is 4.61. The van der Waals surface area contributed by atoms with Crippen molar-refractivity contribution in [2.45, 2.75) is 57.0 Å². The second kappa shape index (κ2) is 7.87. The minimum Gasteiger partial charge on any atom is -0.377 e. The van der Waals surface area contributed by atoms with Gasteiger partial charge < -0.3 is 9.64 Å². The molecule has 134 valence electrons. The Kier molecular flexibility index (Phi) is 5.60. The summed E-state index contributed by atoms with van der Waals surface area (Å²) < 4.78 is 32.3. The smallest absolute Gasteiger partial charge is 0.324 e. The Labute approximate surface area is 139 Å². The molecular formula is C15H23F2N5O2. The number of amides is 2. The van der Waals surface area contributed by atoms with Gasteiger partial charge in [-0.1, -0.05) is 19.3 Å². The van der Waals surface area contributed by atoms with Crippen LogP contribution in [0.5, 0.6) is 0 Å². The van der Waals surface area contributed by atoms with Gasteiger partial charge in [0.15, 0.2) is 0 Å². The van der Waals surface area contributed by atoms with Gasteiger partial charge in [0.1, 0.15) is 6.33 Å². The Balaban J connectivity index is 1.60. The number of hydrogen-bond donors (Lipinski definition) is 1. The third kappa shape index (κ3) is 4.19. The van der Waals surface area contributed by atoms with Crippen molar-refractivity contribution in [1.29, 1.82) is 0 Å². The molecule has 1 saturated heterocycles. The van der Waals surface area contributed by atoms with Crippen molar-refractivity contribution in [3.05, 3.63) is 6.33 Å². The van der Waals surface area contributed by atoms with Gasteiger partial charge in [0.25, 0.3) is 0 Å². The average Bonchev–Trinajstić information content (AvgIpc) is 3.04. The molecule has 24 heavy (non-hydrogen) atoms. The summed E-state index contributed by atoms with van der Waals surface area (Å²) in [6, 6.07) is -0.753. The monoisotopic (exact) mass is 343 g/mol. The Hall–Kier alpha value is -1.77. The Morgan fingerprint density at radius 1 is 1.38 bits per heavy atom. The maximum atomic E-state index is 12.7. The first-order valence-electron chi connectivity index (χ1n) is 8.48. The number of ether oxygens (including phenoxy) is 1. The fourth-order valence-corrected chi connectivity index (χ4v) is 3.34. The summed E-state index contributed by atoms with van der Waals surface area (Å²) in [6.07, 6.45) is 4.49. The quantitative estimate of drug-likeness (QED) is 0.912. The molecule has 1 aliphatic carbocycles. The van der Waals surface area contributed by atoms with E-state index >= 15 is 0 Å². The molecule has 0 bridgehead atoms. The number of hydrogen-bond acceptors (Lipinski definition) is 4. The van der Waals surface area contributed by atoms with Crippen LogP contribution in [-0.4, -0.2) is 57.9 Å². The predicted molar refractivity (Wildman–Crippen MR) is 83.1 cm³/mol. The molecule has 1 aliphatic heterocycles. The normalized spacial score (nSPS) is 22.8. The maximum absolute atomic E-state index is 12.7. The van der Waals surface area contributed by atoms with E-state index in [1.54, 1.807) is 11.0 Å². The van der Waals surface area contributed by atoms with Gasteiger partial charge in [-0.05, 0) is 12.8 Å². The van der Waals surface area contributed by atoms with Crippen molar-refractivity contribution in [1.82, 2.24) is 19.7 Å². The van der Waals surface area contributed by atoms with Crippen LogP contribution in [0.25, 0.3) is 0 Å². The van der Waals surface area contributed by atoms with Gasteiger partial charge in [0.05, 0.1) is 25.3 Å². The van der Waals surface area contributed by atoms with E-state index in [1.165, 1.54) is 24.2 Å². The number of alkyl halides is 2. The van der Waals surface area contributed by atoms with Crippen LogP contribution in [0, 0.1) is 0 Å². The highest BCUT2D eigenvalue weighted by Crippen LogP contribution is 2.27. The van der Waals surface area contributed by atoms with E-state index in [9.17, 15) is 13.6 Å². The number of halogens is 2. The molecular weight excluding hydrogens is 320 g/mol. The molecule has 1 atom stereocenters. The van der Waals surface area contributed by atoms with E-state index in [0.29, 0.717) is 12.6 Å². The van der Waals surface area contributed by atoms with Gasteiger partial charge in [0, 0.05) is 13.0 Å². The highest BCUT2D eigenvalue weighted by Gasteiger charge is 2.30. The molecule has 1 aromatic rings. The zero-order valence-corrected chi connectivity index (χ0v) is 13.5. The van der Waals surface area contributed by atoms with E-state index in [4.69, 9.17) is 4.74 Å². The van der Waals surface area contributed by atoms with Crippen molar-refractivity contribution >= 4 is 12.0 Å². The fourth-order valence-electron chi connectivity index (χ4n) is 3.34. The number of nitrogens with zero attached hydrogens (tertiary/aromatic N) is 4. The highest BCUT2D eigenvalue weighted by atomic mass is 19.3. The predicted octanol–water partition coefficient (Wildman–Crippen LogP) is 2.67. The lowest BCUT2D eigenvalue weighted by atomic mass is 9.96. The van der Waals surface area contributed by atoms with E-state index < -0.39 is 24.9 Å². The summed E-state index contributed by atoms with van der Waals surface area (Å²) in [5.41, 5.74) is 0. The molecule has 1 saturated carbocycles. The number of urea groups is 1. The summed E-state index contributed by atoms with van der Waals surface area (Å²) in [5.74, 6) is 0.216. The molecule has 1 N–H and O–H groups in total. The van der Waals surface area contributed by atoms with Crippen molar-refractivity contribution in [3.8, 4) is 0 Å². The van der Waals surface area contributed by atoms with Crippen molar-refractivity contribution in [3.63, 3.8) is 0 Å². The molecule has 3 rings (SSSR count). The molecule has 2 fully saturated rings. The topological polar surface area (TPSA) is 72.3 Å². The second-order valence-electron chi connectivity index (χ2n) is 6.32. The maximum Gasteiger partial charge on any atom is 0.324 e. The van der Waals surface area contributed by atoms with Crippen molar-refractivity contribution in [2.24, 2.45) is 0 Å². The number of rotatable bonds is 4. The second-order valence-corrected chi connectivity index (χ2v) is 6.32. The molecule has 9 heteroatoms. The minimum absolute atomic E-state index is 0.127. The van der Waals surface area contributed by atoms with Crippen LogP contribution in [0.15, 0.2) is 6.33 Å². The molecule has 1 unspecified atom stereocenters. The lowest BCUT2D eigenvalue weighted by Gasteiger charge is -2.35. The van der Waals surface area contributed by atoms with E-state index in [0.717, 1.165) is 12.8 Å². The van der Waals surface area contributed by atoms with Crippen LogP contribution in [0.4, 0.5) is 19.5 Å². The number of aromatic nitrogens is 3. The summed E-state index contributed by atoms with van der Waals surface area (Å²) in [7, 11) is 0. The van der Waals surface area contributed by atoms with Crippen LogP contribution in [0.1, 0.15) is 44.6 Å². The zero-order chi connectivity index (χ0) is 16.9. The average molecular weight is 343 g/mol. The molecule has 0 aromatic carbocycles. The van der Waals surface area contributed by atoms with Gasteiger partial charge in [-0.15, -0.1) is 5.10 Å². The number of morpholine rings is 1. The summed E-state index contributed by atoms with van der Waals surface area (Å²) in [6.45, 7) is 0.755. The van der Waals surface area contributed by atoms with Gasteiger partial charge in [-0.3, -0.25) is 5.32 Å². The zero-order valence-electron chi connectivity index (χ0n) is 13.5. The summed E-state index contributed by atoms with van der Waals surface area (Å²) in [5, 5.41) is 6.94.